The van der Waals surface area contributed by atoms with Crippen molar-refractivity contribution in [3.63, 3.8) is 0 Å². The first-order chi connectivity index (χ1) is 9.11. The molecule has 100 valence electrons. The average Bonchev–Trinajstić information content (AvgIpc) is 2.41. The molecular weight excluding hydrogens is 241 g/mol. The number of halogens is 1. The lowest BCUT2D eigenvalue weighted by Gasteiger charge is -2.15. The van der Waals surface area contributed by atoms with Gasteiger partial charge in [-0.05, 0) is 43.0 Å². The Morgan fingerprint density at radius 2 is 2.00 bits per heavy atom. The van der Waals surface area contributed by atoms with E-state index < -0.39 is 0 Å². The van der Waals surface area contributed by atoms with Crippen molar-refractivity contribution in [2.24, 2.45) is 5.73 Å². The first kappa shape index (κ1) is 13.6. The van der Waals surface area contributed by atoms with Gasteiger partial charge < -0.3 is 5.73 Å². The molecule has 0 radical (unpaired) electrons. The molecule has 0 aliphatic heterocycles. The van der Waals surface area contributed by atoms with Crippen LogP contribution in [0.5, 0.6) is 0 Å². The molecule has 0 saturated carbocycles. The smallest absolute Gasteiger partial charge is 0.126 e. The summed E-state index contributed by atoms with van der Waals surface area (Å²) in [4.78, 5) is 0. The van der Waals surface area contributed by atoms with E-state index in [-0.39, 0.29) is 11.9 Å². The summed E-state index contributed by atoms with van der Waals surface area (Å²) in [5.74, 6) is -0.213. The molecule has 1 aromatic heterocycles. The van der Waals surface area contributed by atoms with Gasteiger partial charge in [0.25, 0.3) is 0 Å². The molecular formula is C15H18FN3. The lowest BCUT2D eigenvalue weighted by molar-refractivity contribution is 0.590. The summed E-state index contributed by atoms with van der Waals surface area (Å²) in [6, 6.07) is 8.40. The largest absolute Gasteiger partial charge is 0.324 e. The minimum Gasteiger partial charge on any atom is -0.324 e. The number of rotatable bonds is 4. The number of nitrogens with two attached hydrogens (primary N) is 1. The quantitative estimate of drug-likeness (QED) is 0.918. The Labute approximate surface area is 112 Å². The highest BCUT2D eigenvalue weighted by Gasteiger charge is 2.14. The Morgan fingerprint density at radius 3 is 2.68 bits per heavy atom. The molecule has 2 aromatic rings. The molecule has 19 heavy (non-hydrogen) atoms. The van der Waals surface area contributed by atoms with Gasteiger partial charge in [-0.1, -0.05) is 25.1 Å². The lowest BCUT2D eigenvalue weighted by Crippen LogP contribution is -2.17. The van der Waals surface area contributed by atoms with Crippen LogP contribution in [0.2, 0.25) is 0 Å². The second-order valence-corrected chi connectivity index (χ2v) is 4.64. The number of nitrogens with zero attached hydrogens (tertiary/aromatic N) is 2. The van der Waals surface area contributed by atoms with E-state index in [1.165, 1.54) is 6.07 Å². The van der Waals surface area contributed by atoms with Gasteiger partial charge in [0, 0.05) is 6.04 Å². The normalized spacial score (nSPS) is 12.4. The van der Waals surface area contributed by atoms with E-state index in [0.29, 0.717) is 12.0 Å². The van der Waals surface area contributed by atoms with Crippen LogP contribution in [0.15, 0.2) is 30.3 Å². The van der Waals surface area contributed by atoms with E-state index in [2.05, 4.69) is 10.2 Å². The molecule has 4 heteroatoms. The Morgan fingerprint density at radius 1 is 1.26 bits per heavy atom. The zero-order valence-corrected chi connectivity index (χ0v) is 11.2. The molecule has 0 bridgehead atoms. The maximum absolute atomic E-state index is 13.6. The maximum atomic E-state index is 13.6. The van der Waals surface area contributed by atoms with Gasteiger partial charge in [0.15, 0.2) is 0 Å². The Bertz CT molecular complexity index is 569. The predicted molar refractivity (Wildman–Crippen MR) is 73.2 cm³/mol. The monoisotopic (exact) mass is 259 g/mol. The SMILES string of the molecule is CCc1nnc(C)cc1C(N)Cc1ccccc1F. The first-order valence-corrected chi connectivity index (χ1v) is 6.44. The Hall–Kier alpha value is -1.81. The van der Waals surface area contributed by atoms with Crippen molar-refractivity contribution in [2.45, 2.75) is 32.7 Å². The van der Waals surface area contributed by atoms with Crippen LogP contribution in [0, 0.1) is 12.7 Å². The summed E-state index contributed by atoms with van der Waals surface area (Å²) in [5.41, 5.74) is 9.51. The summed E-state index contributed by atoms with van der Waals surface area (Å²) >= 11 is 0. The van der Waals surface area contributed by atoms with Gasteiger partial charge in [0.05, 0.1) is 11.4 Å². The van der Waals surface area contributed by atoms with Crippen LogP contribution in [-0.2, 0) is 12.8 Å². The van der Waals surface area contributed by atoms with Crippen LogP contribution in [0.25, 0.3) is 0 Å². The number of hydrogen-bond acceptors (Lipinski definition) is 3. The highest BCUT2D eigenvalue weighted by Crippen LogP contribution is 2.21. The number of benzene rings is 1. The van der Waals surface area contributed by atoms with Gasteiger partial charge in [0.2, 0.25) is 0 Å². The van der Waals surface area contributed by atoms with E-state index in [4.69, 9.17) is 5.73 Å². The topological polar surface area (TPSA) is 51.8 Å². The zero-order chi connectivity index (χ0) is 13.8. The van der Waals surface area contributed by atoms with E-state index in [9.17, 15) is 4.39 Å². The third-order valence-corrected chi connectivity index (χ3v) is 3.16. The molecule has 0 amide bonds. The summed E-state index contributed by atoms with van der Waals surface area (Å²) in [7, 11) is 0. The van der Waals surface area contributed by atoms with Gasteiger partial charge in [-0.25, -0.2) is 4.39 Å². The average molecular weight is 259 g/mol. The van der Waals surface area contributed by atoms with Crippen LogP contribution in [0.4, 0.5) is 4.39 Å². The second-order valence-electron chi connectivity index (χ2n) is 4.64. The van der Waals surface area contributed by atoms with Crippen molar-refractivity contribution < 1.29 is 4.39 Å². The fourth-order valence-electron chi connectivity index (χ4n) is 2.14. The Balaban J connectivity index is 2.27. The van der Waals surface area contributed by atoms with Gasteiger partial charge in [-0.3, -0.25) is 0 Å². The van der Waals surface area contributed by atoms with Crippen molar-refractivity contribution in [3.8, 4) is 0 Å². The van der Waals surface area contributed by atoms with Crippen LogP contribution >= 0.6 is 0 Å². The molecule has 0 aliphatic rings. The van der Waals surface area contributed by atoms with E-state index in [1.54, 1.807) is 12.1 Å². The van der Waals surface area contributed by atoms with Crippen molar-refractivity contribution in [1.29, 1.82) is 0 Å². The number of aromatic nitrogens is 2. The summed E-state index contributed by atoms with van der Waals surface area (Å²) in [6.45, 7) is 3.89. The minimum atomic E-state index is -0.263. The minimum absolute atomic E-state index is 0.213. The summed E-state index contributed by atoms with van der Waals surface area (Å²) in [5, 5.41) is 8.20. The fourth-order valence-corrected chi connectivity index (χ4v) is 2.14. The van der Waals surface area contributed by atoms with Crippen LogP contribution < -0.4 is 5.73 Å². The molecule has 3 nitrogen and oxygen atoms in total. The van der Waals surface area contributed by atoms with Crippen molar-refractivity contribution in [1.82, 2.24) is 10.2 Å². The third-order valence-electron chi connectivity index (χ3n) is 3.16. The molecule has 1 unspecified atom stereocenters. The van der Waals surface area contributed by atoms with Gasteiger partial charge in [-0.2, -0.15) is 10.2 Å². The van der Waals surface area contributed by atoms with Crippen LogP contribution in [-0.4, -0.2) is 10.2 Å². The van der Waals surface area contributed by atoms with Crippen molar-refractivity contribution in [2.75, 3.05) is 0 Å². The molecule has 2 rings (SSSR count). The van der Waals surface area contributed by atoms with Crippen molar-refractivity contribution in [3.05, 3.63) is 58.7 Å². The molecule has 1 atom stereocenters. The third kappa shape index (κ3) is 3.15. The highest BCUT2D eigenvalue weighted by molar-refractivity contribution is 5.28. The molecule has 0 fully saturated rings. The van der Waals surface area contributed by atoms with Crippen LogP contribution in [0.1, 0.15) is 35.5 Å². The molecule has 0 aliphatic carbocycles. The van der Waals surface area contributed by atoms with Gasteiger partial charge in [0.1, 0.15) is 5.82 Å². The standard InChI is InChI=1S/C15H18FN3/c1-3-15-12(8-10(2)18-19-15)14(17)9-11-6-4-5-7-13(11)16/h4-8,14H,3,9,17H2,1-2H3. The first-order valence-electron chi connectivity index (χ1n) is 6.44. The van der Waals surface area contributed by atoms with Crippen LogP contribution in [0.3, 0.4) is 0 Å². The second kappa shape index (κ2) is 5.89. The maximum Gasteiger partial charge on any atom is 0.126 e. The molecule has 1 aromatic carbocycles. The van der Waals surface area contributed by atoms with E-state index in [1.807, 2.05) is 26.0 Å². The van der Waals surface area contributed by atoms with E-state index >= 15 is 0 Å². The lowest BCUT2D eigenvalue weighted by atomic mass is 9.97. The predicted octanol–water partition coefficient (Wildman–Crippen LogP) is 2.73. The summed E-state index contributed by atoms with van der Waals surface area (Å²) < 4.78 is 13.6. The molecule has 0 saturated heterocycles. The van der Waals surface area contributed by atoms with E-state index in [0.717, 1.165) is 23.4 Å². The molecule has 2 N–H and O–H groups in total. The Kier molecular flexibility index (Phi) is 4.22. The van der Waals surface area contributed by atoms with Gasteiger partial charge >= 0.3 is 0 Å². The molecule has 0 spiro atoms. The number of hydrogen-bond donors (Lipinski definition) is 1. The highest BCUT2D eigenvalue weighted by atomic mass is 19.1. The zero-order valence-electron chi connectivity index (χ0n) is 11.2. The number of aryl methyl sites for hydroxylation is 2. The van der Waals surface area contributed by atoms with Crippen molar-refractivity contribution >= 4 is 0 Å². The van der Waals surface area contributed by atoms with Gasteiger partial charge in [-0.15, -0.1) is 0 Å². The molecule has 1 heterocycles. The summed E-state index contributed by atoms with van der Waals surface area (Å²) in [6.07, 6.45) is 1.23. The fraction of sp³-hybridized carbons (Fsp3) is 0.333.